The second-order valence-corrected chi connectivity index (χ2v) is 5.01. The quantitative estimate of drug-likeness (QED) is 0.795. The van der Waals surface area contributed by atoms with Crippen molar-refractivity contribution >= 4 is 5.91 Å². The zero-order valence-electron chi connectivity index (χ0n) is 9.57. The lowest BCUT2D eigenvalue weighted by molar-refractivity contribution is -0.132. The van der Waals surface area contributed by atoms with Gasteiger partial charge in [0.1, 0.15) is 0 Å². The number of hydrogen-bond acceptors (Lipinski definition) is 2. The number of nitrogens with one attached hydrogen (secondary N) is 1. The average Bonchev–Trinajstić information content (AvgIpc) is 2.66. The van der Waals surface area contributed by atoms with E-state index in [1.54, 1.807) is 6.07 Å². The van der Waals surface area contributed by atoms with E-state index >= 15 is 0 Å². The standard InChI is InChI=1S/C14H14N2O/c15-8-10-3-1-4-11(7-10)12-9-16-13(17)14(12)5-2-6-14/h1,3-4,7,12H,2,5-6,9H2,(H,16,17)/t12-/m1/s1. The van der Waals surface area contributed by atoms with Crippen molar-refractivity contribution in [3.05, 3.63) is 35.4 Å². The highest BCUT2D eigenvalue weighted by Crippen LogP contribution is 2.54. The Morgan fingerprint density at radius 1 is 1.41 bits per heavy atom. The van der Waals surface area contributed by atoms with Crippen molar-refractivity contribution in [3.63, 3.8) is 0 Å². The average molecular weight is 226 g/mol. The van der Waals surface area contributed by atoms with E-state index in [0.717, 1.165) is 24.8 Å². The Balaban J connectivity index is 1.99. The van der Waals surface area contributed by atoms with Crippen molar-refractivity contribution in [3.8, 4) is 6.07 Å². The third-order valence-corrected chi connectivity index (χ3v) is 4.25. The number of nitriles is 1. The minimum absolute atomic E-state index is 0.173. The predicted molar refractivity (Wildman–Crippen MR) is 63.2 cm³/mol. The molecule has 1 saturated carbocycles. The molecule has 0 radical (unpaired) electrons. The summed E-state index contributed by atoms with van der Waals surface area (Å²) >= 11 is 0. The summed E-state index contributed by atoms with van der Waals surface area (Å²) < 4.78 is 0. The van der Waals surface area contributed by atoms with Crippen LogP contribution in [0.5, 0.6) is 0 Å². The maximum absolute atomic E-state index is 11.9. The molecule has 1 saturated heterocycles. The van der Waals surface area contributed by atoms with Gasteiger partial charge in [0, 0.05) is 12.5 Å². The number of carbonyl (C=O) groups excluding carboxylic acids is 1. The van der Waals surface area contributed by atoms with Crippen molar-refractivity contribution < 1.29 is 4.79 Å². The summed E-state index contributed by atoms with van der Waals surface area (Å²) in [5.74, 6) is 0.452. The number of hydrogen-bond donors (Lipinski definition) is 1. The van der Waals surface area contributed by atoms with E-state index in [4.69, 9.17) is 5.26 Å². The first-order valence-electron chi connectivity index (χ1n) is 6.05. The molecule has 1 aliphatic heterocycles. The van der Waals surface area contributed by atoms with Crippen LogP contribution in [0.3, 0.4) is 0 Å². The highest BCUT2D eigenvalue weighted by molar-refractivity contribution is 5.87. The molecule has 1 amide bonds. The first kappa shape index (κ1) is 10.3. The van der Waals surface area contributed by atoms with Gasteiger partial charge in [0.15, 0.2) is 0 Å². The first-order chi connectivity index (χ1) is 8.26. The van der Waals surface area contributed by atoms with Gasteiger partial charge in [-0.05, 0) is 30.5 Å². The van der Waals surface area contributed by atoms with E-state index in [0.29, 0.717) is 12.1 Å². The van der Waals surface area contributed by atoms with Crippen LogP contribution in [0.2, 0.25) is 0 Å². The highest BCUT2D eigenvalue weighted by atomic mass is 16.2. The van der Waals surface area contributed by atoms with Crippen LogP contribution in [-0.2, 0) is 4.79 Å². The van der Waals surface area contributed by atoms with E-state index < -0.39 is 0 Å². The molecule has 1 atom stereocenters. The molecule has 17 heavy (non-hydrogen) atoms. The third kappa shape index (κ3) is 1.37. The molecule has 0 unspecified atom stereocenters. The molecule has 1 heterocycles. The smallest absolute Gasteiger partial charge is 0.226 e. The van der Waals surface area contributed by atoms with E-state index in [-0.39, 0.29) is 17.2 Å². The Bertz CT molecular complexity index is 511. The van der Waals surface area contributed by atoms with Gasteiger partial charge in [-0.3, -0.25) is 4.79 Å². The minimum atomic E-state index is -0.173. The van der Waals surface area contributed by atoms with Gasteiger partial charge in [-0.15, -0.1) is 0 Å². The molecule has 1 aromatic rings. The summed E-state index contributed by atoms with van der Waals surface area (Å²) in [6.45, 7) is 0.716. The fourth-order valence-corrected chi connectivity index (χ4v) is 3.12. The molecule has 86 valence electrons. The predicted octanol–water partition coefficient (Wildman–Crippen LogP) is 1.94. The van der Waals surface area contributed by atoms with E-state index in [1.807, 2.05) is 18.2 Å². The van der Waals surface area contributed by atoms with Crippen LogP contribution in [0.4, 0.5) is 0 Å². The molecule has 1 spiro atoms. The zero-order chi connectivity index (χ0) is 11.9. The van der Waals surface area contributed by atoms with Crippen LogP contribution < -0.4 is 5.32 Å². The minimum Gasteiger partial charge on any atom is -0.355 e. The molecule has 3 rings (SSSR count). The fourth-order valence-electron chi connectivity index (χ4n) is 3.12. The van der Waals surface area contributed by atoms with E-state index in [1.165, 1.54) is 0 Å². The topological polar surface area (TPSA) is 52.9 Å². The molecule has 3 heteroatoms. The number of amides is 1. The summed E-state index contributed by atoms with van der Waals surface area (Å²) in [4.78, 5) is 11.9. The SMILES string of the molecule is N#Cc1cccc([C@H]2CNC(=O)C23CCC3)c1. The van der Waals surface area contributed by atoms with Crippen LogP contribution >= 0.6 is 0 Å². The summed E-state index contributed by atoms with van der Waals surface area (Å²) in [6.07, 6.45) is 3.11. The van der Waals surface area contributed by atoms with Gasteiger partial charge in [0.25, 0.3) is 0 Å². The first-order valence-corrected chi connectivity index (χ1v) is 6.05. The van der Waals surface area contributed by atoms with Gasteiger partial charge >= 0.3 is 0 Å². The molecule has 1 aliphatic carbocycles. The number of benzene rings is 1. The Morgan fingerprint density at radius 2 is 2.24 bits per heavy atom. The van der Waals surface area contributed by atoms with Crippen molar-refractivity contribution in [2.75, 3.05) is 6.54 Å². The lowest BCUT2D eigenvalue weighted by Crippen LogP contribution is -2.40. The van der Waals surface area contributed by atoms with Crippen molar-refractivity contribution in [1.82, 2.24) is 5.32 Å². The molecule has 1 N–H and O–H groups in total. The summed E-state index contributed by atoms with van der Waals surface area (Å²) in [5.41, 5.74) is 1.63. The van der Waals surface area contributed by atoms with Crippen LogP contribution in [0.25, 0.3) is 0 Å². The van der Waals surface area contributed by atoms with Crippen LogP contribution in [0, 0.1) is 16.7 Å². The molecule has 2 fully saturated rings. The maximum atomic E-state index is 11.9. The molecule has 0 bridgehead atoms. The molecular weight excluding hydrogens is 212 g/mol. The Hall–Kier alpha value is -1.82. The van der Waals surface area contributed by atoms with Gasteiger partial charge in [0.2, 0.25) is 5.91 Å². The van der Waals surface area contributed by atoms with Gasteiger partial charge in [0.05, 0.1) is 17.0 Å². The molecular formula is C14H14N2O. The molecule has 0 aromatic heterocycles. The number of nitrogens with zero attached hydrogens (tertiary/aromatic N) is 1. The Kier molecular flexibility index (Phi) is 2.19. The van der Waals surface area contributed by atoms with Crippen LogP contribution in [0.1, 0.15) is 36.3 Å². The lowest BCUT2D eigenvalue weighted by atomic mass is 9.60. The molecule has 2 aliphatic rings. The number of rotatable bonds is 1. The van der Waals surface area contributed by atoms with Crippen LogP contribution in [0.15, 0.2) is 24.3 Å². The summed E-state index contributed by atoms with van der Waals surface area (Å²) in [7, 11) is 0. The second kappa shape index (κ2) is 3.59. The van der Waals surface area contributed by atoms with Gasteiger partial charge in [-0.2, -0.15) is 5.26 Å². The Labute approximate surface area is 100 Å². The van der Waals surface area contributed by atoms with Crippen molar-refractivity contribution in [1.29, 1.82) is 5.26 Å². The van der Waals surface area contributed by atoms with Gasteiger partial charge < -0.3 is 5.32 Å². The zero-order valence-corrected chi connectivity index (χ0v) is 9.57. The fraction of sp³-hybridized carbons (Fsp3) is 0.429. The monoisotopic (exact) mass is 226 g/mol. The van der Waals surface area contributed by atoms with Gasteiger partial charge in [-0.1, -0.05) is 18.6 Å². The number of carbonyl (C=O) groups is 1. The molecule has 3 nitrogen and oxygen atoms in total. The normalized spacial score (nSPS) is 25.1. The second-order valence-electron chi connectivity index (χ2n) is 5.01. The van der Waals surface area contributed by atoms with E-state index in [9.17, 15) is 4.79 Å². The highest BCUT2D eigenvalue weighted by Gasteiger charge is 2.54. The lowest BCUT2D eigenvalue weighted by Gasteiger charge is -2.40. The van der Waals surface area contributed by atoms with Crippen LogP contribution in [-0.4, -0.2) is 12.5 Å². The van der Waals surface area contributed by atoms with Crippen molar-refractivity contribution in [2.24, 2.45) is 5.41 Å². The summed E-state index contributed by atoms with van der Waals surface area (Å²) in [6, 6.07) is 9.83. The van der Waals surface area contributed by atoms with E-state index in [2.05, 4.69) is 11.4 Å². The largest absolute Gasteiger partial charge is 0.355 e. The summed E-state index contributed by atoms with van der Waals surface area (Å²) in [5, 5.41) is 11.9. The maximum Gasteiger partial charge on any atom is 0.226 e. The van der Waals surface area contributed by atoms with Crippen molar-refractivity contribution in [2.45, 2.75) is 25.2 Å². The Morgan fingerprint density at radius 3 is 2.88 bits per heavy atom. The van der Waals surface area contributed by atoms with Gasteiger partial charge in [-0.25, -0.2) is 0 Å². The third-order valence-electron chi connectivity index (χ3n) is 4.25. The molecule has 1 aromatic carbocycles.